The third-order valence-corrected chi connectivity index (χ3v) is 5.44. The molecule has 3 rings (SSSR count). The van der Waals surface area contributed by atoms with Crippen molar-refractivity contribution >= 4 is 29.3 Å². The third kappa shape index (κ3) is 5.64. The molecule has 2 aromatic rings. The Morgan fingerprint density at radius 3 is 1.81 bits per heavy atom. The van der Waals surface area contributed by atoms with Gasteiger partial charge in [-0.15, -0.1) is 0 Å². The van der Waals surface area contributed by atoms with Gasteiger partial charge < -0.3 is 0 Å². The van der Waals surface area contributed by atoms with Gasteiger partial charge in [-0.25, -0.2) is 0 Å². The van der Waals surface area contributed by atoms with Gasteiger partial charge in [-0.05, 0) is 51.6 Å². The second-order valence-electron chi connectivity index (χ2n) is 8.67. The fourth-order valence-corrected chi connectivity index (χ4v) is 3.83. The maximum absolute atomic E-state index is 12.9. The number of ketones is 1. The van der Waals surface area contributed by atoms with Crippen LogP contribution in [-0.2, 0) is 4.79 Å². The van der Waals surface area contributed by atoms with Gasteiger partial charge in [0.2, 0.25) is 0 Å². The Kier molecular flexibility index (Phi) is 6.61. The number of rotatable bonds is 4. The van der Waals surface area contributed by atoms with Crippen LogP contribution in [0, 0.1) is 11.3 Å². The van der Waals surface area contributed by atoms with E-state index in [-0.39, 0.29) is 17.1 Å². The molecule has 7 nitrogen and oxygen atoms in total. The average molecular weight is 412 g/mol. The number of Topliss-reactive ketones (excluding diaryl/α,β-unsaturated/α-hetero) is 1. The Bertz CT molecular complexity index is 1120. The van der Waals surface area contributed by atoms with Crippen molar-refractivity contribution in [2.45, 2.75) is 33.6 Å². The number of hydrogen-bond donors (Lipinski definition) is 0. The Morgan fingerprint density at radius 1 is 0.871 bits per heavy atom. The molecular weight excluding hydrogens is 388 g/mol. The lowest BCUT2D eigenvalue weighted by atomic mass is 9.67. The summed E-state index contributed by atoms with van der Waals surface area (Å²) in [7, 11) is 0. The van der Waals surface area contributed by atoms with Crippen LogP contribution in [-0.4, -0.2) is 5.78 Å². The van der Waals surface area contributed by atoms with E-state index in [1.54, 1.807) is 24.3 Å². The summed E-state index contributed by atoms with van der Waals surface area (Å²) in [5.41, 5.74) is 22.0. The van der Waals surface area contributed by atoms with Crippen molar-refractivity contribution in [1.82, 2.24) is 0 Å². The molecule has 0 radical (unpaired) electrons. The summed E-state index contributed by atoms with van der Waals surface area (Å²) < 4.78 is 0. The molecule has 0 N–H and O–H groups in total. The van der Waals surface area contributed by atoms with E-state index in [4.69, 9.17) is 11.1 Å². The molecule has 1 aliphatic rings. The van der Waals surface area contributed by atoms with Crippen LogP contribution in [0.5, 0.6) is 0 Å². The summed E-state index contributed by atoms with van der Waals surface area (Å²) >= 11 is 0. The van der Waals surface area contributed by atoms with Gasteiger partial charge in [0.25, 0.3) is 0 Å². The molecular formula is C24H24N6O. The molecule has 1 aliphatic carbocycles. The number of azide groups is 2. The normalized spacial score (nSPS) is 19.1. The van der Waals surface area contributed by atoms with E-state index < -0.39 is 0 Å². The minimum atomic E-state index is -0.0119. The van der Waals surface area contributed by atoms with Crippen LogP contribution < -0.4 is 0 Å². The maximum Gasteiger partial charge on any atom is 0.162 e. The molecule has 156 valence electrons. The van der Waals surface area contributed by atoms with Crippen molar-refractivity contribution < 1.29 is 4.79 Å². The van der Waals surface area contributed by atoms with Crippen LogP contribution in [0.4, 0.5) is 11.4 Å². The van der Waals surface area contributed by atoms with Crippen LogP contribution in [0.1, 0.15) is 44.7 Å². The lowest BCUT2D eigenvalue weighted by molar-refractivity contribution is -0.116. The lowest BCUT2D eigenvalue weighted by Crippen LogP contribution is -2.29. The van der Waals surface area contributed by atoms with Crippen molar-refractivity contribution in [1.29, 1.82) is 0 Å². The highest BCUT2D eigenvalue weighted by atomic mass is 16.1. The smallest absolute Gasteiger partial charge is 0.162 e. The molecule has 0 aliphatic heterocycles. The average Bonchev–Trinajstić information content (AvgIpc) is 2.72. The summed E-state index contributed by atoms with van der Waals surface area (Å²) in [5.74, 6) is 0.340. The van der Waals surface area contributed by atoms with E-state index in [9.17, 15) is 4.79 Å². The van der Waals surface area contributed by atoms with Crippen LogP contribution in [0.25, 0.3) is 33.0 Å². The van der Waals surface area contributed by atoms with Gasteiger partial charge in [0.05, 0.1) is 0 Å². The second kappa shape index (κ2) is 9.35. The van der Waals surface area contributed by atoms with Crippen molar-refractivity contribution in [3.05, 3.63) is 91.7 Å². The Labute approximate surface area is 181 Å². The first-order chi connectivity index (χ1) is 14.8. The van der Waals surface area contributed by atoms with E-state index in [0.717, 1.165) is 22.3 Å². The number of benzene rings is 2. The predicted octanol–water partition coefficient (Wildman–Crippen LogP) is 8.06. The molecule has 0 bridgehead atoms. The third-order valence-electron chi connectivity index (χ3n) is 5.44. The standard InChI is InChI=1S/C24H24N6O/c1-24(2,3)22-14-19(13-17-6-10-21(11-7-17)28-30-26)23(31)15-18(22)12-16-4-8-20(9-5-16)27-29-25/h4-13,22H,14-15H2,1-3H3/b18-12-,19-13-. The molecule has 0 heterocycles. The maximum atomic E-state index is 12.9. The van der Waals surface area contributed by atoms with Crippen LogP contribution in [0.2, 0.25) is 0 Å². The summed E-state index contributed by atoms with van der Waals surface area (Å²) in [6, 6.07) is 14.5. The fraction of sp³-hybridized carbons (Fsp3) is 0.292. The van der Waals surface area contributed by atoms with Gasteiger partial charge in [-0.2, -0.15) is 0 Å². The largest absolute Gasteiger partial charge is 0.294 e. The summed E-state index contributed by atoms with van der Waals surface area (Å²) in [5, 5.41) is 7.18. The highest BCUT2D eigenvalue weighted by molar-refractivity contribution is 6.02. The first-order valence-electron chi connectivity index (χ1n) is 10.0. The molecule has 0 amide bonds. The van der Waals surface area contributed by atoms with Crippen LogP contribution in [0.3, 0.4) is 0 Å². The minimum Gasteiger partial charge on any atom is -0.294 e. The lowest BCUT2D eigenvalue weighted by Gasteiger charge is -2.37. The summed E-state index contributed by atoms with van der Waals surface area (Å²) in [6.45, 7) is 6.58. The molecule has 1 saturated carbocycles. The Hall–Kier alpha value is -3.79. The van der Waals surface area contributed by atoms with Gasteiger partial charge in [-0.1, -0.05) is 91.2 Å². The fourth-order valence-electron chi connectivity index (χ4n) is 3.83. The molecule has 0 spiro atoms. The van der Waals surface area contributed by atoms with Crippen molar-refractivity contribution in [3.8, 4) is 0 Å². The zero-order chi connectivity index (χ0) is 22.4. The molecule has 0 saturated heterocycles. The highest BCUT2D eigenvalue weighted by Gasteiger charge is 2.35. The topological polar surface area (TPSA) is 115 Å². The monoisotopic (exact) mass is 412 g/mol. The second-order valence-corrected chi connectivity index (χ2v) is 8.67. The zero-order valence-electron chi connectivity index (χ0n) is 17.9. The molecule has 1 atom stereocenters. The summed E-state index contributed by atoms with van der Waals surface area (Å²) in [6.07, 6.45) is 5.07. The van der Waals surface area contributed by atoms with Gasteiger partial charge in [-0.3, -0.25) is 4.79 Å². The van der Waals surface area contributed by atoms with E-state index in [0.29, 0.717) is 24.2 Å². The van der Waals surface area contributed by atoms with Gasteiger partial charge >= 0.3 is 0 Å². The van der Waals surface area contributed by atoms with Gasteiger partial charge in [0, 0.05) is 27.6 Å². The SMILES string of the molecule is CC(C)(C)C1C/C(=C/c2ccc(N=[N+]=[N-])cc2)C(=O)C/C1=C/c1ccc(N=[N+]=[N-])cc1. The van der Waals surface area contributed by atoms with Crippen LogP contribution >= 0.6 is 0 Å². The number of carbonyl (C=O) groups excluding carboxylic acids is 1. The number of carbonyl (C=O) groups is 1. The van der Waals surface area contributed by atoms with E-state index in [1.807, 2.05) is 30.3 Å². The number of nitrogens with zero attached hydrogens (tertiary/aromatic N) is 6. The van der Waals surface area contributed by atoms with Gasteiger partial charge in [0.15, 0.2) is 5.78 Å². The van der Waals surface area contributed by atoms with Crippen LogP contribution in [0.15, 0.2) is 69.9 Å². The van der Waals surface area contributed by atoms with Gasteiger partial charge in [0.1, 0.15) is 0 Å². The first-order valence-corrected chi connectivity index (χ1v) is 10.0. The van der Waals surface area contributed by atoms with Crippen molar-refractivity contribution in [2.24, 2.45) is 21.6 Å². The molecule has 0 aromatic heterocycles. The highest BCUT2D eigenvalue weighted by Crippen LogP contribution is 2.43. The van der Waals surface area contributed by atoms with E-state index in [1.165, 1.54) is 0 Å². The molecule has 1 fully saturated rings. The van der Waals surface area contributed by atoms with Crippen molar-refractivity contribution in [2.75, 3.05) is 0 Å². The quantitative estimate of drug-likeness (QED) is 0.215. The van der Waals surface area contributed by atoms with Crippen molar-refractivity contribution in [3.63, 3.8) is 0 Å². The number of hydrogen-bond acceptors (Lipinski definition) is 3. The molecule has 7 heteroatoms. The summed E-state index contributed by atoms with van der Waals surface area (Å²) in [4.78, 5) is 18.5. The minimum absolute atomic E-state index is 0.0119. The molecule has 2 aromatic carbocycles. The first kappa shape index (κ1) is 21.9. The predicted molar refractivity (Wildman–Crippen MR) is 124 cm³/mol. The Balaban J connectivity index is 1.90. The zero-order valence-corrected chi connectivity index (χ0v) is 17.9. The Morgan fingerprint density at radius 2 is 1.35 bits per heavy atom. The number of allylic oxidation sites excluding steroid dienone is 2. The van der Waals surface area contributed by atoms with E-state index >= 15 is 0 Å². The molecule has 1 unspecified atom stereocenters. The molecule has 31 heavy (non-hydrogen) atoms. The van der Waals surface area contributed by atoms with E-state index in [2.05, 4.69) is 46.9 Å².